The monoisotopic (exact) mass is 286 g/mol. The Morgan fingerprint density at radius 1 is 1.44 bits per heavy atom. The fourth-order valence-electron chi connectivity index (χ4n) is 1.13. The fraction of sp³-hybridized carbons (Fsp3) is 0.364. The molecule has 4 nitrogen and oxygen atoms in total. The molecule has 1 aromatic carbocycles. The quantitative estimate of drug-likeness (QED) is 0.766. The zero-order valence-electron chi connectivity index (χ0n) is 9.03. The highest BCUT2D eigenvalue weighted by atomic mass is 79.9. The normalized spacial score (nSPS) is 12.2. The Kier molecular flexibility index (Phi) is 5.45. The van der Waals surface area contributed by atoms with Crippen molar-refractivity contribution in [3.63, 3.8) is 0 Å². The molecular weight excluding hydrogens is 272 g/mol. The number of nitrogens with one attached hydrogen (secondary N) is 2. The minimum absolute atomic E-state index is 0.122. The van der Waals surface area contributed by atoms with Crippen molar-refractivity contribution in [1.82, 2.24) is 5.32 Å². The molecule has 0 aliphatic rings. The number of amides is 1. The molecular formula is C11H15BrN2O2. The van der Waals surface area contributed by atoms with E-state index >= 15 is 0 Å². The van der Waals surface area contributed by atoms with Crippen molar-refractivity contribution in [2.24, 2.45) is 0 Å². The molecule has 0 heterocycles. The molecule has 1 aromatic rings. The highest BCUT2D eigenvalue weighted by Crippen LogP contribution is 2.13. The van der Waals surface area contributed by atoms with E-state index in [0.717, 1.165) is 10.2 Å². The van der Waals surface area contributed by atoms with Crippen LogP contribution in [0.2, 0.25) is 0 Å². The van der Waals surface area contributed by atoms with Gasteiger partial charge >= 0.3 is 0 Å². The van der Waals surface area contributed by atoms with Gasteiger partial charge in [-0.05, 0) is 31.2 Å². The molecule has 0 saturated heterocycles. The smallest absolute Gasteiger partial charge is 0.238 e. The summed E-state index contributed by atoms with van der Waals surface area (Å²) in [6.07, 6.45) is -0.444. The van der Waals surface area contributed by atoms with Crippen LogP contribution in [0.1, 0.15) is 6.92 Å². The van der Waals surface area contributed by atoms with E-state index in [9.17, 15) is 4.79 Å². The maximum absolute atomic E-state index is 11.4. The van der Waals surface area contributed by atoms with Gasteiger partial charge in [0.05, 0.1) is 12.6 Å². The van der Waals surface area contributed by atoms with Gasteiger partial charge < -0.3 is 15.7 Å². The summed E-state index contributed by atoms with van der Waals surface area (Å²) < 4.78 is 0.970. The van der Waals surface area contributed by atoms with Gasteiger partial charge in [0.25, 0.3) is 0 Å². The molecule has 1 atom stereocenters. The van der Waals surface area contributed by atoms with Crippen molar-refractivity contribution in [1.29, 1.82) is 0 Å². The number of carbonyl (C=O) groups is 1. The van der Waals surface area contributed by atoms with Gasteiger partial charge in [0.1, 0.15) is 0 Å². The largest absolute Gasteiger partial charge is 0.392 e. The third kappa shape index (κ3) is 5.25. The third-order valence-corrected chi connectivity index (χ3v) is 2.38. The Hall–Kier alpha value is -0.910. The van der Waals surface area contributed by atoms with E-state index in [1.165, 1.54) is 0 Å². The fourth-order valence-corrected chi connectivity index (χ4v) is 1.40. The second kappa shape index (κ2) is 6.62. The summed E-state index contributed by atoms with van der Waals surface area (Å²) in [5.41, 5.74) is 0.757. The average Bonchev–Trinajstić information content (AvgIpc) is 2.21. The first-order valence-corrected chi connectivity index (χ1v) is 5.81. The second-order valence-corrected chi connectivity index (χ2v) is 4.45. The van der Waals surface area contributed by atoms with Gasteiger partial charge in [-0.15, -0.1) is 0 Å². The predicted molar refractivity (Wildman–Crippen MR) is 67.3 cm³/mol. The van der Waals surface area contributed by atoms with Gasteiger partial charge in [0.15, 0.2) is 0 Å². The molecule has 0 aromatic heterocycles. The summed E-state index contributed by atoms with van der Waals surface area (Å²) in [7, 11) is 0. The molecule has 0 aliphatic carbocycles. The molecule has 0 fully saturated rings. The number of halogens is 1. The lowest BCUT2D eigenvalue weighted by molar-refractivity contribution is -0.115. The maximum Gasteiger partial charge on any atom is 0.238 e. The minimum Gasteiger partial charge on any atom is -0.392 e. The van der Waals surface area contributed by atoms with Crippen LogP contribution in [-0.2, 0) is 4.79 Å². The standard InChI is InChI=1S/C11H15BrN2O2/c1-8(15)6-13-7-11(16)14-10-4-2-9(12)3-5-10/h2-5,8,13,15H,6-7H2,1H3,(H,14,16). The molecule has 88 valence electrons. The number of rotatable bonds is 5. The van der Waals surface area contributed by atoms with Gasteiger partial charge in [0.2, 0.25) is 5.91 Å². The molecule has 16 heavy (non-hydrogen) atoms. The Labute approximate surface area is 103 Å². The van der Waals surface area contributed by atoms with E-state index in [1.54, 1.807) is 6.92 Å². The first-order valence-electron chi connectivity index (χ1n) is 5.02. The van der Waals surface area contributed by atoms with Crippen molar-refractivity contribution < 1.29 is 9.90 Å². The topological polar surface area (TPSA) is 61.4 Å². The lowest BCUT2D eigenvalue weighted by Gasteiger charge is -2.07. The van der Waals surface area contributed by atoms with Gasteiger partial charge in [0, 0.05) is 16.7 Å². The van der Waals surface area contributed by atoms with Crippen LogP contribution in [0.5, 0.6) is 0 Å². The molecule has 1 rings (SSSR count). The molecule has 5 heteroatoms. The summed E-state index contributed by atoms with van der Waals surface area (Å²) in [5.74, 6) is -0.122. The van der Waals surface area contributed by atoms with Crippen LogP contribution < -0.4 is 10.6 Å². The van der Waals surface area contributed by atoms with E-state index in [4.69, 9.17) is 5.11 Å². The third-order valence-electron chi connectivity index (χ3n) is 1.85. The van der Waals surface area contributed by atoms with Gasteiger partial charge in [-0.2, -0.15) is 0 Å². The zero-order chi connectivity index (χ0) is 12.0. The number of carbonyl (C=O) groups excluding carboxylic acids is 1. The van der Waals surface area contributed by atoms with E-state index in [-0.39, 0.29) is 12.5 Å². The van der Waals surface area contributed by atoms with Gasteiger partial charge in [-0.1, -0.05) is 15.9 Å². The molecule has 0 aliphatic heterocycles. The number of anilines is 1. The van der Waals surface area contributed by atoms with E-state index in [1.807, 2.05) is 24.3 Å². The minimum atomic E-state index is -0.444. The first-order chi connectivity index (χ1) is 7.58. The summed E-state index contributed by atoms with van der Waals surface area (Å²) in [6, 6.07) is 7.35. The molecule has 3 N–H and O–H groups in total. The second-order valence-electron chi connectivity index (χ2n) is 3.53. The van der Waals surface area contributed by atoms with Crippen LogP contribution in [0.4, 0.5) is 5.69 Å². The SMILES string of the molecule is CC(O)CNCC(=O)Nc1ccc(Br)cc1. The Morgan fingerprint density at radius 2 is 2.06 bits per heavy atom. The van der Waals surface area contributed by atoms with E-state index < -0.39 is 6.10 Å². The van der Waals surface area contributed by atoms with Crippen LogP contribution >= 0.6 is 15.9 Å². The number of aliphatic hydroxyl groups excluding tert-OH is 1. The maximum atomic E-state index is 11.4. The van der Waals surface area contributed by atoms with Crippen LogP contribution in [0, 0.1) is 0 Å². The molecule has 0 radical (unpaired) electrons. The van der Waals surface area contributed by atoms with Crippen molar-refractivity contribution in [3.8, 4) is 0 Å². The Bertz CT molecular complexity index is 338. The van der Waals surface area contributed by atoms with Crippen molar-refractivity contribution in [3.05, 3.63) is 28.7 Å². The molecule has 0 saturated carbocycles. The van der Waals surface area contributed by atoms with E-state index in [0.29, 0.717) is 6.54 Å². The Balaban J connectivity index is 2.31. The zero-order valence-corrected chi connectivity index (χ0v) is 10.6. The number of hydrogen-bond donors (Lipinski definition) is 3. The van der Waals surface area contributed by atoms with Gasteiger partial charge in [-0.3, -0.25) is 4.79 Å². The lowest BCUT2D eigenvalue weighted by Crippen LogP contribution is -2.32. The van der Waals surface area contributed by atoms with Crippen molar-refractivity contribution >= 4 is 27.5 Å². The molecule has 1 unspecified atom stereocenters. The predicted octanol–water partition coefficient (Wildman–Crippen LogP) is 1.36. The molecule has 0 spiro atoms. The number of aliphatic hydroxyl groups is 1. The van der Waals surface area contributed by atoms with E-state index in [2.05, 4.69) is 26.6 Å². The lowest BCUT2D eigenvalue weighted by atomic mass is 10.3. The van der Waals surface area contributed by atoms with Crippen LogP contribution in [0.25, 0.3) is 0 Å². The van der Waals surface area contributed by atoms with Crippen LogP contribution in [0.15, 0.2) is 28.7 Å². The Morgan fingerprint density at radius 3 is 2.62 bits per heavy atom. The summed E-state index contributed by atoms with van der Waals surface area (Å²) >= 11 is 3.32. The van der Waals surface area contributed by atoms with Crippen LogP contribution in [0.3, 0.4) is 0 Å². The number of hydrogen-bond acceptors (Lipinski definition) is 3. The summed E-state index contributed by atoms with van der Waals surface area (Å²) in [4.78, 5) is 11.4. The molecule has 1 amide bonds. The summed E-state index contributed by atoms with van der Waals surface area (Å²) in [6.45, 7) is 2.27. The summed E-state index contributed by atoms with van der Waals surface area (Å²) in [5, 5.41) is 14.6. The molecule has 0 bridgehead atoms. The highest BCUT2D eigenvalue weighted by molar-refractivity contribution is 9.10. The van der Waals surface area contributed by atoms with Crippen molar-refractivity contribution in [2.75, 3.05) is 18.4 Å². The number of benzene rings is 1. The van der Waals surface area contributed by atoms with Crippen molar-refractivity contribution in [2.45, 2.75) is 13.0 Å². The first kappa shape index (κ1) is 13.2. The highest BCUT2D eigenvalue weighted by Gasteiger charge is 2.02. The van der Waals surface area contributed by atoms with Gasteiger partial charge in [-0.25, -0.2) is 0 Å². The van der Waals surface area contributed by atoms with Crippen LogP contribution in [-0.4, -0.2) is 30.2 Å². The average molecular weight is 287 g/mol.